The van der Waals surface area contributed by atoms with E-state index in [1.54, 1.807) is 0 Å². The fraction of sp³-hybridized carbons (Fsp3) is 0.571. The molecule has 0 nitrogen and oxygen atoms in total. The second kappa shape index (κ2) is 3.35. The van der Waals surface area contributed by atoms with Crippen molar-refractivity contribution in [2.24, 2.45) is 0 Å². The maximum atomic E-state index is 3.88. The highest BCUT2D eigenvalue weighted by atomic mass is 79.9. The van der Waals surface area contributed by atoms with Crippen LogP contribution in [0.3, 0.4) is 0 Å². The van der Waals surface area contributed by atoms with E-state index in [9.17, 15) is 0 Å². The Morgan fingerprint density at radius 3 is 1.12 bits per heavy atom. The van der Waals surface area contributed by atoms with Crippen LogP contribution in [0.2, 0.25) is 0 Å². The number of halogens is 2. The normalized spacial score (nSPS) is 32.2. The monoisotopic (exact) mass is 344 g/mol. The van der Waals surface area contributed by atoms with Gasteiger partial charge in [-0.15, -0.1) is 0 Å². The number of alkyl halides is 2. The second-order valence-electron chi connectivity index (χ2n) is 5.26. The van der Waals surface area contributed by atoms with Crippen LogP contribution in [0.4, 0.5) is 0 Å². The molecule has 0 aromatic heterocycles. The van der Waals surface area contributed by atoms with Crippen LogP contribution < -0.4 is 0 Å². The Morgan fingerprint density at radius 1 is 0.625 bits per heavy atom. The average Bonchev–Trinajstić information content (AvgIpc) is 2.19. The molecule has 2 rings (SSSR count). The minimum Gasteiger partial charge on any atom is -0.0785 e. The second-order valence-corrected chi connectivity index (χ2v) is 8.43. The number of fused-ring (bicyclic) bond motifs is 1. The summed E-state index contributed by atoms with van der Waals surface area (Å²) in [6.07, 6.45) is 0. The summed E-state index contributed by atoms with van der Waals surface area (Å²) in [5, 5.41) is 0. The van der Waals surface area contributed by atoms with Crippen molar-refractivity contribution in [2.45, 2.75) is 50.2 Å². The summed E-state index contributed by atoms with van der Waals surface area (Å²) in [6, 6.07) is 0. The highest BCUT2D eigenvalue weighted by molar-refractivity contribution is 9.12. The van der Waals surface area contributed by atoms with Gasteiger partial charge in [-0.25, -0.2) is 0 Å². The Hall–Kier alpha value is 0.180. The lowest BCUT2D eigenvalue weighted by Crippen LogP contribution is -2.48. The Bertz CT molecular complexity index is 437. The zero-order valence-electron chi connectivity index (χ0n) is 10.8. The zero-order valence-corrected chi connectivity index (χ0v) is 13.9. The minimum absolute atomic E-state index is 0.0443. The Morgan fingerprint density at radius 2 is 0.875 bits per heavy atom. The van der Waals surface area contributed by atoms with Crippen LogP contribution in [-0.2, 0) is 8.65 Å². The van der Waals surface area contributed by atoms with Gasteiger partial charge in [-0.05, 0) is 74.9 Å². The van der Waals surface area contributed by atoms with Crippen LogP contribution in [0, 0.1) is 27.7 Å². The van der Waals surface area contributed by atoms with Crippen LogP contribution in [0.1, 0.15) is 47.2 Å². The molecular weight excluding hydrogens is 328 g/mol. The number of rotatable bonds is 0. The third-order valence-electron chi connectivity index (χ3n) is 4.51. The van der Waals surface area contributed by atoms with Gasteiger partial charge in [0.25, 0.3) is 0 Å². The summed E-state index contributed by atoms with van der Waals surface area (Å²) in [5.41, 5.74) is 8.71. The van der Waals surface area contributed by atoms with Gasteiger partial charge in [-0.3, -0.25) is 0 Å². The van der Waals surface area contributed by atoms with Gasteiger partial charge in [0.15, 0.2) is 0 Å². The van der Waals surface area contributed by atoms with E-state index in [1.165, 1.54) is 33.4 Å². The SMILES string of the molecule is Cc1c(C)c(C)c2c(c1C)C(C)(Br)C2(C)Br. The van der Waals surface area contributed by atoms with Crippen molar-refractivity contribution >= 4 is 31.9 Å². The molecule has 1 aromatic carbocycles. The van der Waals surface area contributed by atoms with E-state index in [2.05, 4.69) is 73.4 Å². The van der Waals surface area contributed by atoms with Gasteiger partial charge in [0.1, 0.15) is 0 Å². The number of hydrogen-bond donors (Lipinski definition) is 0. The maximum absolute atomic E-state index is 3.88. The zero-order chi connectivity index (χ0) is 12.5. The molecule has 0 saturated carbocycles. The Balaban J connectivity index is 2.88. The average molecular weight is 346 g/mol. The van der Waals surface area contributed by atoms with Crippen LogP contribution in [0.15, 0.2) is 0 Å². The van der Waals surface area contributed by atoms with Gasteiger partial charge in [0, 0.05) is 0 Å². The number of hydrogen-bond acceptors (Lipinski definition) is 0. The Labute approximate surface area is 115 Å². The van der Waals surface area contributed by atoms with E-state index in [0.717, 1.165) is 0 Å². The molecule has 0 heterocycles. The van der Waals surface area contributed by atoms with Gasteiger partial charge < -0.3 is 0 Å². The van der Waals surface area contributed by atoms with Crippen molar-refractivity contribution in [3.8, 4) is 0 Å². The fourth-order valence-corrected chi connectivity index (χ4v) is 4.28. The lowest BCUT2D eigenvalue weighted by Gasteiger charge is -2.53. The molecule has 1 aliphatic rings. The molecule has 88 valence electrons. The summed E-state index contributed by atoms with van der Waals surface area (Å²) in [6.45, 7) is 13.4. The Kier molecular flexibility index (Phi) is 2.65. The molecule has 1 aromatic rings. The molecule has 0 amide bonds. The minimum atomic E-state index is 0.0443. The lowest BCUT2D eigenvalue weighted by molar-refractivity contribution is 0.454. The molecular formula is C14H18Br2. The van der Waals surface area contributed by atoms with E-state index in [0.29, 0.717) is 0 Å². The molecule has 0 saturated heterocycles. The highest BCUT2D eigenvalue weighted by Gasteiger charge is 2.56. The maximum Gasteiger partial charge on any atom is 0.0674 e. The standard InChI is InChI=1S/C14H18Br2/c1-7-8(2)10(4)12-11(9(7)3)13(5,15)14(12,6)16/h1-6H3. The third kappa shape index (κ3) is 1.21. The summed E-state index contributed by atoms with van der Waals surface area (Å²) in [5.74, 6) is 0. The van der Waals surface area contributed by atoms with Gasteiger partial charge in [-0.2, -0.15) is 0 Å². The van der Waals surface area contributed by atoms with Gasteiger partial charge in [0.2, 0.25) is 0 Å². The lowest BCUT2D eigenvalue weighted by atomic mass is 9.64. The molecule has 0 radical (unpaired) electrons. The predicted octanol–water partition coefficient (Wildman–Crippen LogP) is 5.15. The molecule has 0 aliphatic heterocycles. The first-order chi connectivity index (χ1) is 7.14. The molecule has 0 fully saturated rings. The van der Waals surface area contributed by atoms with Crippen LogP contribution >= 0.6 is 31.9 Å². The van der Waals surface area contributed by atoms with Crippen molar-refractivity contribution < 1.29 is 0 Å². The highest BCUT2D eigenvalue weighted by Crippen LogP contribution is 2.65. The van der Waals surface area contributed by atoms with Gasteiger partial charge in [-0.1, -0.05) is 31.9 Å². The van der Waals surface area contributed by atoms with Crippen LogP contribution in [0.5, 0.6) is 0 Å². The summed E-state index contributed by atoms with van der Waals surface area (Å²) >= 11 is 7.76. The van der Waals surface area contributed by atoms with Crippen LogP contribution in [-0.4, -0.2) is 0 Å². The molecule has 0 N–H and O–H groups in total. The van der Waals surface area contributed by atoms with Crippen molar-refractivity contribution in [1.82, 2.24) is 0 Å². The van der Waals surface area contributed by atoms with Gasteiger partial charge in [0.05, 0.1) is 8.65 Å². The van der Waals surface area contributed by atoms with E-state index in [-0.39, 0.29) is 8.65 Å². The first kappa shape index (κ1) is 12.6. The van der Waals surface area contributed by atoms with E-state index >= 15 is 0 Å². The largest absolute Gasteiger partial charge is 0.0785 e. The fourth-order valence-electron chi connectivity index (χ4n) is 2.89. The molecule has 0 bridgehead atoms. The predicted molar refractivity (Wildman–Crippen MR) is 77.9 cm³/mol. The topological polar surface area (TPSA) is 0 Å². The molecule has 0 spiro atoms. The molecule has 2 heteroatoms. The molecule has 1 aliphatic carbocycles. The first-order valence-corrected chi connectivity index (χ1v) is 7.21. The quantitative estimate of drug-likeness (QED) is 0.570. The van der Waals surface area contributed by atoms with Crippen LogP contribution in [0.25, 0.3) is 0 Å². The first-order valence-electron chi connectivity index (χ1n) is 5.63. The van der Waals surface area contributed by atoms with E-state index in [1.807, 2.05) is 0 Å². The molecule has 2 atom stereocenters. The number of benzene rings is 1. The summed E-state index contributed by atoms with van der Waals surface area (Å²) in [4.78, 5) is 0. The van der Waals surface area contributed by atoms with E-state index < -0.39 is 0 Å². The summed E-state index contributed by atoms with van der Waals surface area (Å²) in [7, 11) is 0. The van der Waals surface area contributed by atoms with Crippen molar-refractivity contribution in [3.05, 3.63) is 33.4 Å². The smallest absolute Gasteiger partial charge is 0.0674 e. The summed E-state index contributed by atoms with van der Waals surface area (Å²) < 4.78 is 0.0886. The third-order valence-corrected chi connectivity index (χ3v) is 7.42. The molecule has 16 heavy (non-hydrogen) atoms. The van der Waals surface area contributed by atoms with E-state index in [4.69, 9.17) is 0 Å². The van der Waals surface area contributed by atoms with Crippen molar-refractivity contribution in [1.29, 1.82) is 0 Å². The van der Waals surface area contributed by atoms with Crippen molar-refractivity contribution in [3.63, 3.8) is 0 Å². The van der Waals surface area contributed by atoms with Gasteiger partial charge >= 0.3 is 0 Å². The van der Waals surface area contributed by atoms with Crippen molar-refractivity contribution in [2.75, 3.05) is 0 Å². The molecule has 2 unspecified atom stereocenters.